The van der Waals surface area contributed by atoms with Gasteiger partial charge >= 0.3 is 0 Å². The van der Waals surface area contributed by atoms with Gasteiger partial charge in [-0.15, -0.1) is 0 Å². The van der Waals surface area contributed by atoms with Gasteiger partial charge in [0.1, 0.15) is 21.7 Å². The third kappa shape index (κ3) is 6.01. The van der Waals surface area contributed by atoms with Crippen molar-refractivity contribution >= 4 is 42.4 Å². The Labute approximate surface area is 198 Å². The first kappa shape index (κ1) is 24.9. The Morgan fingerprint density at radius 1 is 1.00 bits per heavy atom. The van der Waals surface area contributed by atoms with Gasteiger partial charge in [-0.1, -0.05) is 29.5 Å². The average Bonchev–Trinajstić information content (AvgIpc) is 3.24. The Morgan fingerprint density at radius 2 is 1.67 bits per heavy atom. The fourth-order valence-electron chi connectivity index (χ4n) is 3.31. The topological polar surface area (TPSA) is 89.0 Å². The molecule has 0 saturated carbocycles. The molecule has 0 N–H and O–H groups in total. The molecule has 0 fully saturated rings. The highest BCUT2D eigenvalue weighted by Crippen LogP contribution is 2.40. The fraction of sp³-hybridized carbons (Fsp3) is 0.391. The molecular formula is C23H29N3O5S2. The number of sulfone groups is 1. The molecule has 0 spiro atoms. The third-order valence-electron chi connectivity index (χ3n) is 5.11. The number of methoxy groups -OCH3 is 2. The molecule has 0 unspecified atom stereocenters. The first-order valence-electron chi connectivity index (χ1n) is 10.5. The second-order valence-corrected chi connectivity index (χ2v) is 10.8. The van der Waals surface area contributed by atoms with Crippen LogP contribution >= 0.6 is 11.3 Å². The first-order chi connectivity index (χ1) is 15.8. The maximum atomic E-state index is 13.2. The second-order valence-electron chi connectivity index (χ2n) is 7.73. The van der Waals surface area contributed by atoms with Crippen molar-refractivity contribution in [3.63, 3.8) is 0 Å². The number of rotatable bonds is 11. The van der Waals surface area contributed by atoms with Crippen molar-refractivity contribution in [2.45, 2.75) is 17.7 Å². The van der Waals surface area contributed by atoms with Gasteiger partial charge in [0.15, 0.2) is 15.0 Å². The molecule has 33 heavy (non-hydrogen) atoms. The summed E-state index contributed by atoms with van der Waals surface area (Å²) >= 11 is 1.35. The maximum Gasteiger partial charge on any atom is 0.228 e. The van der Waals surface area contributed by atoms with Gasteiger partial charge in [-0.05, 0) is 44.8 Å². The third-order valence-corrected chi connectivity index (χ3v) is 8.02. The summed E-state index contributed by atoms with van der Waals surface area (Å²) in [7, 11) is 3.58. The predicted molar refractivity (Wildman–Crippen MR) is 131 cm³/mol. The zero-order valence-corrected chi connectivity index (χ0v) is 20.9. The van der Waals surface area contributed by atoms with E-state index in [9.17, 15) is 13.2 Å². The molecule has 3 aromatic rings. The van der Waals surface area contributed by atoms with E-state index in [1.165, 1.54) is 11.3 Å². The van der Waals surface area contributed by atoms with E-state index >= 15 is 0 Å². The molecule has 1 amide bonds. The fourth-order valence-corrected chi connectivity index (χ4v) is 5.76. The van der Waals surface area contributed by atoms with Crippen molar-refractivity contribution < 1.29 is 22.7 Å². The summed E-state index contributed by atoms with van der Waals surface area (Å²) < 4.78 is 36.8. The number of hydrogen-bond donors (Lipinski definition) is 0. The van der Waals surface area contributed by atoms with Crippen LogP contribution in [-0.4, -0.2) is 71.4 Å². The molecule has 8 nitrogen and oxygen atoms in total. The Morgan fingerprint density at radius 3 is 2.30 bits per heavy atom. The van der Waals surface area contributed by atoms with Crippen LogP contribution < -0.4 is 14.4 Å². The van der Waals surface area contributed by atoms with E-state index in [0.29, 0.717) is 35.2 Å². The van der Waals surface area contributed by atoms with Gasteiger partial charge < -0.3 is 14.4 Å². The van der Waals surface area contributed by atoms with Crippen molar-refractivity contribution in [2.75, 3.05) is 52.1 Å². The Balaban J connectivity index is 1.81. The monoisotopic (exact) mass is 491 g/mol. The molecule has 0 saturated heterocycles. The molecule has 3 rings (SSSR count). The number of nitrogens with zero attached hydrogens (tertiary/aromatic N) is 3. The quantitative estimate of drug-likeness (QED) is 0.406. The summed E-state index contributed by atoms with van der Waals surface area (Å²) in [4.78, 5) is 21.7. The van der Waals surface area contributed by atoms with E-state index in [1.807, 2.05) is 25.1 Å². The largest absolute Gasteiger partial charge is 0.495 e. The van der Waals surface area contributed by atoms with Crippen LogP contribution in [0.1, 0.15) is 12.8 Å². The van der Waals surface area contributed by atoms with Gasteiger partial charge in [0.25, 0.3) is 0 Å². The lowest BCUT2D eigenvalue weighted by Gasteiger charge is -2.22. The lowest BCUT2D eigenvalue weighted by Crippen LogP contribution is -2.36. The zero-order chi connectivity index (χ0) is 24.0. The van der Waals surface area contributed by atoms with Crippen molar-refractivity contribution in [1.82, 2.24) is 9.88 Å². The number of fused-ring (bicyclic) bond motifs is 1. The van der Waals surface area contributed by atoms with E-state index in [1.54, 1.807) is 55.5 Å². The summed E-state index contributed by atoms with van der Waals surface area (Å²) in [5.74, 6) is 0.994. The predicted octanol–water partition coefficient (Wildman–Crippen LogP) is 3.46. The number of aromatic nitrogens is 1. The van der Waals surface area contributed by atoms with Crippen LogP contribution in [-0.2, 0) is 14.6 Å². The van der Waals surface area contributed by atoms with E-state index < -0.39 is 9.84 Å². The van der Waals surface area contributed by atoms with Crippen LogP contribution in [0.5, 0.6) is 11.5 Å². The number of benzene rings is 2. The molecule has 2 aromatic carbocycles. The summed E-state index contributed by atoms with van der Waals surface area (Å²) in [5.41, 5.74) is 0.631. The van der Waals surface area contributed by atoms with Crippen molar-refractivity contribution in [3.05, 3.63) is 42.5 Å². The summed E-state index contributed by atoms with van der Waals surface area (Å²) in [6.07, 6.45) is 0.329. The van der Waals surface area contributed by atoms with Crippen LogP contribution in [0.25, 0.3) is 10.2 Å². The van der Waals surface area contributed by atoms with E-state index in [0.717, 1.165) is 4.70 Å². The van der Waals surface area contributed by atoms with E-state index in [2.05, 4.69) is 4.98 Å². The molecule has 0 aliphatic carbocycles. The van der Waals surface area contributed by atoms with Crippen LogP contribution in [0.15, 0.2) is 47.4 Å². The molecule has 0 aliphatic rings. The van der Waals surface area contributed by atoms with Gasteiger partial charge in [-0.2, -0.15) is 0 Å². The van der Waals surface area contributed by atoms with Crippen LogP contribution in [0.2, 0.25) is 0 Å². The van der Waals surface area contributed by atoms with Gasteiger partial charge in [-0.25, -0.2) is 13.4 Å². The highest BCUT2D eigenvalue weighted by molar-refractivity contribution is 7.91. The normalized spacial score (nSPS) is 11.7. The van der Waals surface area contributed by atoms with Gasteiger partial charge in [-0.3, -0.25) is 9.69 Å². The summed E-state index contributed by atoms with van der Waals surface area (Å²) in [6, 6.07) is 11.9. The lowest BCUT2D eigenvalue weighted by atomic mass is 10.3. The van der Waals surface area contributed by atoms with Crippen LogP contribution in [0.3, 0.4) is 0 Å². The molecule has 1 aromatic heterocycles. The molecule has 178 valence electrons. The van der Waals surface area contributed by atoms with Gasteiger partial charge in [0.05, 0.1) is 24.9 Å². The molecular weight excluding hydrogens is 462 g/mol. The number of hydrogen-bond acceptors (Lipinski definition) is 8. The minimum absolute atomic E-state index is 0.0915. The number of anilines is 1. The van der Waals surface area contributed by atoms with E-state index in [-0.39, 0.29) is 29.4 Å². The SMILES string of the molecule is COc1ccc(OC)c2sc(N(CCN(C)C)C(=O)CCCS(=O)(=O)c3ccccc3)nc12. The molecule has 10 heteroatoms. The minimum Gasteiger partial charge on any atom is -0.495 e. The minimum atomic E-state index is -3.44. The smallest absolute Gasteiger partial charge is 0.228 e. The van der Waals surface area contributed by atoms with E-state index in [4.69, 9.17) is 9.47 Å². The zero-order valence-electron chi connectivity index (χ0n) is 19.3. The summed E-state index contributed by atoms with van der Waals surface area (Å²) in [6.45, 7) is 1.07. The highest BCUT2D eigenvalue weighted by Gasteiger charge is 2.23. The highest BCUT2D eigenvalue weighted by atomic mass is 32.2. The number of carbonyl (C=O) groups excluding carboxylic acids is 1. The maximum absolute atomic E-state index is 13.2. The molecule has 0 atom stereocenters. The standard InChI is InChI=1S/C23H29N3O5S2/c1-25(2)14-15-26(20(27)11-8-16-33(28,29)17-9-6-5-7-10-17)23-24-21-18(30-3)12-13-19(31-4)22(21)32-23/h5-7,9-10,12-13H,8,11,14-16H2,1-4H3. The Kier molecular flexibility index (Phi) is 8.28. The molecule has 0 bridgehead atoms. The number of thiazole rings is 1. The average molecular weight is 492 g/mol. The van der Waals surface area contributed by atoms with Crippen molar-refractivity contribution in [2.24, 2.45) is 0 Å². The van der Waals surface area contributed by atoms with Gasteiger partial charge in [0.2, 0.25) is 5.91 Å². The molecule has 1 heterocycles. The number of ether oxygens (including phenoxy) is 2. The van der Waals surface area contributed by atoms with Crippen LogP contribution in [0, 0.1) is 0 Å². The molecule has 0 aliphatic heterocycles. The lowest BCUT2D eigenvalue weighted by molar-refractivity contribution is -0.118. The number of likely N-dealkylation sites (N-methyl/N-ethyl adjacent to an activating group) is 1. The Bertz CT molecular complexity index is 1150. The van der Waals surface area contributed by atoms with Gasteiger partial charge in [0, 0.05) is 19.5 Å². The number of carbonyl (C=O) groups is 1. The van der Waals surface area contributed by atoms with Crippen molar-refractivity contribution in [3.8, 4) is 11.5 Å². The van der Waals surface area contributed by atoms with Crippen LogP contribution in [0.4, 0.5) is 5.13 Å². The molecule has 0 radical (unpaired) electrons. The Hall–Kier alpha value is -2.69. The van der Waals surface area contributed by atoms with Crippen molar-refractivity contribution in [1.29, 1.82) is 0 Å². The summed E-state index contributed by atoms with van der Waals surface area (Å²) in [5, 5.41) is 0.533. The second kappa shape index (κ2) is 11.0. The first-order valence-corrected chi connectivity index (χ1v) is 13.0. The number of amides is 1.